The summed E-state index contributed by atoms with van der Waals surface area (Å²) >= 11 is 0. The fourth-order valence-corrected chi connectivity index (χ4v) is 2.06. The molecule has 2 aliphatic heterocycles. The van der Waals surface area contributed by atoms with Gasteiger partial charge in [-0.1, -0.05) is 6.07 Å². The molecule has 1 saturated heterocycles. The Morgan fingerprint density at radius 3 is 2.88 bits per heavy atom. The molecule has 0 saturated carbocycles. The highest BCUT2D eigenvalue weighted by Gasteiger charge is 2.41. The van der Waals surface area contributed by atoms with Crippen LogP contribution in [0.5, 0.6) is 5.75 Å². The second-order valence-corrected chi connectivity index (χ2v) is 4.75. The Bertz CT molecular complexity index is 480. The van der Waals surface area contributed by atoms with E-state index in [9.17, 15) is 4.79 Å². The Morgan fingerprint density at radius 2 is 2.18 bits per heavy atom. The summed E-state index contributed by atoms with van der Waals surface area (Å²) in [7, 11) is 1.79. The monoisotopic (exact) mass is 233 g/mol. The summed E-state index contributed by atoms with van der Waals surface area (Å²) in [5.41, 5.74) is 1.76. The van der Waals surface area contributed by atoms with Gasteiger partial charge in [-0.15, -0.1) is 0 Å². The predicted octanol–water partition coefficient (Wildman–Crippen LogP) is 1.68. The summed E-state index contributed by atoms with van der Waals surface area (Å²) in [6.45, 7) is 3.24. The van der Waals surface area contributed by atoms with E-state index in [0.29, 0.717) is 13.0 Å². The number of epoxide rings is 1. The van der Waals surface area contributed by atoms with Crippen molar-refractivity contribution in [2.24, 2.45) is 0 Å². The standard InChI is InChI=1S/C13H15NO3/c1-13(8-17-13)9-3-4-11-10(7-9)14(2)12(15)5-6-16-11/h3-4,7H,5-6,8H2,1-2H3. The number of anilines is 1. The smallest absolute Gasteiger partial charge is 0.230 e. The average Bonchev–Trinajstić information content (AvgIpc) is 3.08. The molecule has 1 aromatic rings. The van der Waals surface area contributed by atoms with Crippen molar-refractivity contribution in [3.8, 4) is 5.75 Å². The van der Waals surface area contributed by atoms with Gasteiger partial charge in [-0.2, -0.15) is 0 Å². The third-order valence-electron chi connectivity index (χ3n) is 3.46. The molecule has 2 heterocycles. The van der Waals surface area contributed by atoms with Gasteiger partial charge in [0.15, 0.2) is 0 Å². The number of amides is 1. The van der Waals surface area contributed by atoms with Gasteiger partial charge in [0.25, 0.3) is 0 Å². The Morgan fingerprint density at radius 1 is 1.41 bits per heavy atom. The van der Waals surface area contributed by atoms with Crippen molar-refractivity contribution < 1.29 is 14.3 Å². The number of fused-ring (bicyclic) bond motifs is 1. The molecule has 0 radical (unpaired) electrons. The molecule has 90 valence electrons. The molecule has 1 fully saturated rings. The maximum absolute atomic E-state index is 11.8. The summed E-state index contributed by atoms with van der Waals surface area (Å²) in [4.78, 5) is 13.4. The summed E-state index contributed by atoms with van der Waals surface area (Å²) < 4.78 is 11.0. The molecule has 1 unspecified atom stereocenters. The molecule has 4 heteroatoms. The van der Waals surface area contributed by atoms with Gasteiger partial charge < -0.3 is 14.4 Å². The van der Waals surface area contributed by atoms with Gasteiger partial charge in [0, 0.05) is 7.05 Å². The van der Waals surface area contributed by atoms with Crippen LogP contribution in [0, 0.1) is 0 Å². The lowest BCUT2D eigenvalue weighted by Gasteiger charge is -2.18. The Kier molecular flexibility index (Phi) is 2.16. The predicted molar refractivity (Wildman–Crippen MR) is 63.3 cm³/mol. The van der Waals surface area contributed by atoms with E-state index in [-0.39, 0.29) is 11.5 Å². The minimum Gasteiger partial charge on any atom is -0.491 e. The molecule has 1 amide bonds. The highest BCUT2D eigenvalue weighted by Crippen LogP contribution is 2.42. The third kappa shape index (κ3) is 1.69. The summed E-state index contributed by atoms with van der Waals surface area (Å²) in [5.74, 6) is 0.856. The topological polar surface area (TPSA) is 42.1 Å². The molecule has 4 nitrogen and oxygen atoms in total. The minimum absolute atomic E-state index is 0.0859. The highest BCUT2D eigenvalue weighted by atomic mass is 16.6. The maximum atomic E-state index is 11.8. The van der Waals surface area contributed by atoms with Crippen LogP contribution in [-0.4, -0.2) is 26.2 Å². The van der Waals surface area contributed by atoms with Gasteiger partial charge in [-0.3, -0.25) is 4.79 Å². The highest BCUT2D eigenvalue weighted by molar-refractivity contribution is 5.95. The van der Waals surface area contributed by atoms with Gasteiger partial charge in [0.05, 0.1) is 25.3 Å². The van der Waals surface area contributed by atoms with E-state index in [1.54, 1.807) is 11.9 Å². The van der Waals surface area contributed by atoms with E-state index in [1.165, 1.54) is 0 Å². The fourth-order valence-electron chi connectivity index (χ4n) is 2.06. The van der Waals surface area contributed by atoms with Crippen molar-refractivity contribution >= 4 is 11.6 Å². The van der Waals surface area contributed by atoms with E-state index in [2.05, 4.69) is 0 Å². The summed E-state index contributed by atoms with van der Waals surface area (Å²) in [6, 6.07) is 5.92. The van der Waals surface area contributed by atoms with Crippen LogP contribution in [0.15, 0.2) is 18.2 Å². The quantitative estimate of drug-likeness (QED) is 0.693. The molecule has 3 rings (SSSR count). The van der Waals surface area contributed by atoms with Crippen LogP contribution >= 0.6 is 0 Å². The molecule has 0 bridgehead atoms. The molecule has 0 aromatic heterocycles. The van der Waals surface area contributed by atoms with Crippen LogP contribution in [-0.2, 0) is 15.1 Å². The number of carbonyl (C=O) groups is 1. The van der Waals surface area contributed by atoms with Gasteiger partial charge in [0.2, 0.25) is 5.91 Å². The molecule has 17 heavy (non-hydrogen) atoms. The first-order chi connectivity index (χ1) is 8.10. The van der Waals surface area contributed by atoms with Gasteiger partial charge in [-0.05, 0) is 24.6 Å². The lowest BCUT2D eigenvalue weighted by atomic mass is 10.0. The van der Waals surface area contributed by atoms with E-state index in [0.717, 1.165) is 23.6 Å². The molecule has 2 aliphatic rings. The SMILES string of the molecule is CN1C(=O)CCOc2ccc(C3(C)CO3)cc21. The van der Waals surface area contributed by atoms with Crippen molar-refractivity contribution in [1.29, 1.82) is 0 Å². The number of carbonyl (C=O) groups excluding carboxylic acids is 1. The van der Waals surface area contributed by atoms with E-state index < -0.39 is 0 Å². The van der Waals surface area contributed by atoms with Crippen LogP contribution in [0.3, 0.4) is 0 Å². The number of hydrogen-bond donors (Lipinski definition) is 0. The molecular weight excluding hydrogens is 218 g/mol. The third-order valence-corrected chi connectivity index (χ3v) is 3.46. The lowest BCUT2D eigenvalue weighted by molar-refractivity contribution is -0.118. The number of rotatable bonds is 1. The minimum atomic E-state index is -0.175. The van der Waals surface area contributed by atoms with E-state index in [1.807, 2.05) is 25.1 Å². The number of benzene rings is 1. The van der Waals surface area contributed by atoms with Gasteiger partial charge >= 0.3 is 0 Å². The Labute approximate surface area is 100 Å². The lowest BCUT2D eigenvalue weighted by Crippen LogP contribution is -2.25. The zero-order valence-electron chi connectivity index (χ0n) is 10.0. The normalized spacial score (nSPS) is 27.2. The van der Waals surface area contributed by atoms with E-state index >= 15 is 0 Å². The molecule has 1 aromatic carbocycles. The molecule has 0 N–H and O–H groups in total. The molecule has 0 spiro atoms. The molecule has 1 atom stereocenters. The largest absolute Gasteiger partial charge is 0.491 e. The van der Waals surface area contributed by atoms with Crippen LogP contribution < -0.4 is 9.64 Å². The van der Waals surface area contributed by atoms with Crippen LogP contribution in [0.2, 0.25) is 0 Å². The summed E-state index contributed by atoms with van der Waals surface area (Å²) in [6.07, 6.45) is 0.425. The second-order valence-electron chi connectivity index (χ2n) is 4.75. The number of ether oxygens (including phenoxy) is 2. The van der Waals surface area contributed by atoms with Crippen molar-refractivity contribution in [3.05, 3.63) is 23.8 Å². The first kappa shape index (κ1) is 10.6. The van der Waals surface area contributed by atoms with Crippen molar-refractivity contribution in [2.75, 3.05) is 25.2 Å². The van der Waals surface area contributed by atoms with Crippen LogP contribution in [0.25, 0.3) is 0 Å². The zero-order chi connectivity index (χ0) is 12.0. The summed E-state index contributed by atoms with van der Waals surface area (Å²) in [5, 5.41) is 0. The van der Waals surface area contributed by atoms with Crippen LogP contribution in [0.1, 0.15) is 18.9 Å². The maximum Gasteiger partial charge on any atom is 0.230 e. The van der Waals surface area contributed by atoms with Crippen molar-refractivity contribution in [1.82, 2.24) is 0 Å². The van der Waals surface area contributed by atoms with Crippen molar-refractivity contribution in [3.63, 3.8) is 0 Å². The van der Waals surface area contributed by atoms with Crippen molar-refractivity contribution in [2.45, 2.75) is 18.9 Å². The fraction of sp³-hybridized carbons (Fsp3) is 0.462. The van der Waals surface area contributed by atoms with E-state index in [4.69, 9.17) is 9.47 Å². The Hall–Kier alpha value is -1.55. The first-order valence-corrected chi connectivity index (χ1v) is 5.78. The average molecular weight is 233 g/mol. The molecule has 0 aliphatic carbocycles. The Balaban J connectivity index is 2.05. The van der Waals surface area contributed by atoms with Crippen LogP contribution in [0.4, 0.5) is 5.69 Å². The first-order valence-electron chi connectivity index (χ1n) is 5.78. The van der Waals surface area contributed by atoms with Gasteiger partial charge in [0.1, 0.15) is 11.4 Å². The zero-order valence-corrected chi connectivity index (χ0v) is 10.0. The van der Waals surface area contributed by atoms with Gasteiger partial charge in [-0.25, -0.2) is 0 Å². The second kappa shape index (κ2) is 3.47. The molecular formula is C13H15NO3. The number of nitrogens with zero attached hydrogens (tertiary/aromatic N) is 1. The number of hydrogen-bond acceptors (Lipinski definition) is 3.